The number of benzene rings is 1. The molecule has 1 aromatic carbocycles. The Morgan fingerprint density at radius 1 is 1.17 bits per heavy atom. The maximum Gasteiger partial charge on any atom is 0.241 e. The molecule has 0 aliphatic rings. The Balaban J connectivity index is 1.86. The molecule has 0 unspecified atom stereocenters. The van der Waals surface area contributed by atoms with Gasteiger partial charge in [-0.2, -0.15) is 5.10 Å². The van der Waals surface area contributed by atoms with Gasteiger partial charge in [0.05, 0.1) is 11.4 Å². The Morgan fingerprint density at radius 3 is 2.79 bits per heavy atom. The first kappa shape index (κ1) is 15.9. The van der Waals surface area contributed by atoms with Crippen molar-refractivity contribution in [1.29, 1.82) is 0 Å². The summed E-state index contributed by atoms with van der Waals surface area (Å²) in [6.45, 7) is 4.80. The number of aryl methyl sites for hydroxylation is 1. The van der Waals surface area contributed by atoms with E-state index < -0.39 is 0 Å². The van der Waals surface area contributed by atoms with Gasteiger partial charge in [0.1, 0.15) is 6.54 Å². The number of pyridine rings is 1. The van der Waals surface area contributed by atoms with E-state index in [9.17, 15) is 4.79 Å². The Kier molecular flexibility index (Phi) is 4.70. The lowest BCUT2D eigenvalue weighted by Gasteiger charge is -2.06. The van der Waals surface area contributed by atoms with Crippen LogP contribution in [0.2, 0.25) is 0 Å². The first-order valence-electron chi connectivity index (χ1n) is 8.00. The molecule has 0 aliphatic carbocycles. The molecule has 5 nitrogen and oxygen atoms in total. The number of carbonyl (C=O) groups is 1. The monoisotopic (exact) mass is 320 g/mol. The fraction of sp³-hybridized carbons (Fsp3) is 0.211. The van der Waals surface area contributed by atoms with Crippen molar-refractivity contribution in [2.24, 2.45) is 0 Å². The summed E-state index contributed by atoms with van der Waals surface area (Å²) in [6, 6.07) is 14.0. The van der Waals surface area contributed by atoms with Crippen LogP contribution in [0.5, 0.6) is 0 Å². The fourth-order valence-corrected chi connectivity index (χ4v) is 2.62. The molecule has 3 rings (SSSR count). The number of rotatable bonds is 5. The maximum atomic E-state index is 11.7. The zero-order chi connectivity index (χ0) is 16.9. The third-order valence-electron chi connectivity index (χ3n) is 3.76. The van der Waals surface area contributed by atoms with E-state index in [1.54, 1.807) is 10.9 Å². The second-order valence-electron chi connectivity index (χ2n) is 5.60. The molecule has 24 heavy (non-hydrogen) atoms. The molecule has 0 saturated heterocycles. The molecule has 3 aromatic rings. The fourth-order valence-electron chi connectivity index (χ4n) is 2.62. The zero-order valence-corrected chi connectivity index (χ0v) is 13.9. The second-order valence-corrected chi connectivity index (χ2v) is 5.60. The summed E-state index contributed by atoms with van der Waals surface area (Å²) in [5, 5.41) is 7.27. The zero-order valence-electron chi connectivity index (χ0n) is 13.9. The van der Waals surface area contributed by atoms with E-state index in [0.717, 1.165) is 28.1 Å². The van der Waals surface area contributed by atoms with Gasteiger partial charge in [0.25, 0.3) is 0 Å². The molecule has 0 bridgehead atoms. The minimum absolute atomic E-state index is 0.0370. The van der Waals surface area contributed by atoms with Gasteiger partial charge in [0.15, 0.2) is 0 Å². The van der Waals surface area contributed by atoms with Gasteiger partial charge in [0.2, 0.25) is 5.91 Å². The predicted octanol–water partition coefficient (Wildman–Crippen LogP) is 3.06. The van der Waals surface area contributed by atoms with Crippen molar-refractivity contribution in [3.63, 3.8) is 0 Å². The van der Waals surface area contributed by atoms with E-state index in [1.807, 2.05) is 43.5 Å². The minimum atomic E-state index is -0.0370. The van der Waals surface area contributed by atoms with Crippen LogP contribution in [0.1, 0.15) is 12.5 Å². The van der Waals surface area contributed by atoms with Crippen LogP contribution in [0.15, 0.2) is 54.9 Å². The van der Waals surface area contributed by atoms with Gasteiger partial charge in [-0.15, -0.1) is 0 Å². The summed E-state index contributed by atoms with van der Waals surface area (Å²) in [5.74, 6) is -0.0370. The summed E-state index contributed by atoms with van der Waals surface area (Å²) in [7, 11) is 0. The summed E-state index contributed by atoms with van der Waals surface area (Å²) >= 11 is 0. The number of amides is 1. The average molecular weight is 320 g/mol. The number of likely N-dealkylation sites (N-methyl/N-ethyl adjacent to an activating group) is 1. The van der Waals surface area contributed by atoms with Gasteiger partial charge in [-0.3, -0.25) is 14.5 Å². The Labute approximate surface area is 141 Å². The number of aromatic nitrogens is 3. The van der Waals surface area contributed by atoms with Crippen LogP contribution in [-0.4, -0.2) is 27.2 Å². The molecule has 0 aliphatic heterocycles. The summed E-state index contributed by atoms with van der Waals surface area (Å²) in [6.07, 6.45) is 3.62. The van der Waals surface area contributed by atoms with Gasteiger partial charge < -0.3 is 5.32 Å². The lowest BCUT2D eigenvalue weighted by molar-refractivity contribution is -0.121. The highest BCUT2D eigenvalue weighted by molar-refractivity contribution is 5.75. The van der Waals surface area contributed by atoms with E-state index >= 15 is 0 Å². The lowest BCUT2D eigenvalue weighted by atomic mass is 10.0. The Bertz CT molecular complexity index is 854. The van der Waals surface area contributed by atoms with Crippen LogP contribution in [0, 0.1) is 6.92 Å². The molecular weight excluding hydrogens is 300 g/mol. The van der Waals surface area contributed by atoms with Gasteiger partial charge in [-0.05, 0) is 37.6 Å². The van der Waals surface area contributed by atoms with Crippen molar-refractivity contribution in [2.75, 3.05) is 6.54 Å². The van der Waals surface area contributed by atoms with Crippen molar-refractivity contribution >= 4 is 5.91 Å². The van der Waals surface area contributed by atoms with E-state index in [-0.39, 0.29) is 12.5 Å². The average Bonchev–Trinajstić information content (AvgIpc) is 3.04. The molecule has 1 amide bonds. The van der Waals surface area contributed by atoms with Crippen LogP contribution in [-0.2, 0) is 11.3 Å². The van der Waals surface area contributed by atoms with Crippen LogP contribution < -0.4 is 5.32 Å². The molecule has 0 radical (unpaired) electrons. The Morgan fingerprint density at radius 2 is 2.00 bits per heavy atom. The van der Waals surface area contributed by atoms with Gasteiger partial charge in [-0.1, -0.05) is 24.3 Å². The van der Waals surface area contributed by atoms with E-state index in [4.69, 9.17) is 0 Å². The minimum Gasteiger partial charge on any atom is -0.355 e. The second kappa shape index (κ2) is 7.08. The van der Waals surface area contributed by atoms with Gasteiger partial charge >= 0.3 is 0 Å². The lowest BCUT2D eigenvalue weighted by Crippen LogP contribution is -2.27. The maximum absolute atomic E-state index is 11.7. The first-order chi connectivity index (χ1) is 11.7. The van der Waals surface area contributed by atoms with Crippen LogP contribution >= 0.6 is 0 Å². The van der Waals surface area contributed by atoms with Crippen LogP contribution in [0.3, 0.4) is 0 Å². The van der Waals surface area contributed by atoms with E-state index in [1.165, 1.54) is 0 Å². The van der Waals surface area contributed by atoms with Gasteiger partial charge in [0, 0.05) is 30.1 Å². The van der Waals surface area contributed by atoms with Gasteiger partial charge in [-0.25, -0.2) is 0 Å². The number of nitrogens with zero attached hydrogens (tertiary/aromatic N) is 3. The molecule has 1 N–H and O–H groups in total. The predicted molar refractivity (Wildman–Crippen MR) is 94.3 cm³/mol. The quantitative estimate of drug-likeness (QED) is 0.786. The highest BCUT2D eigenvalue weighted by Crippen LogP contribution is 2.25. The standard InChI is InChI=1S/C19H20N4O/c1-3-20-18(24)13-23-11-9-17(22-23)15-7-4-8-16(12-15)19-14(2)6-5-10-21-19/h4-12H,3,13H2,1-2H3,(H,20,24). The van der Waals surface area contributed by atoms with Crippen LogP contribution in [0.4, 0.5) is 0 Å². The molecule has 2 aromatic heterocycles. The summed E-state index contributed by atoms with van der Waals surface area (Å²) in [4.78, 5) is 16.1. The van der Waals surface area contributed by atoms with Crippen LogP contribution in [0.25, 0.3) is 22.5 Å². The highest BCUT2D eigenvalue weighted by Gasteiger charge is 2.08. The number of hydrogen-bond acceptors (Lipinski definition) is 3. The normalized spacial score (nSPS) is 10.6. The molecule has 0 saturated carbocycles. The topological polar surface area (TPSA) is 59.8 Å². The Hall–Kier alpha value is -2.95. The third-order valence-corrected chi connectivity index (χ3v) is 3.76. The SMILES string of the molecule is CCNC(=O)Cn1ccc(-c2cccc(-c3ncccc3C)c2)n1. The van der Waals surface area contributed by atoms with E-state index in [2.05, 4.69) is 34.5 Å². The third kappa shape index (κ3) is 3.51. The molecule has 0 spiro atoms. The first-order valence-corrected chi connectivity index (χ1v) is 8.00. The molecular formula is C19H20N4O. The molecule has 122 valence electrons. The summed E-state index contributed by atoms with van der Waals surface area (Å²) < 4.78 is 1.65. The van der Waals surface area contributed by atoms with Crippen molar-refractivity contribution in [3.8, 4) is 22.5 Å². The number of nitrogens with one attached hydrogen (secondary N) is 1. The highest BCUT2D eigenvalue weighted by atomic mass is 16.2. The molecule has 5 heteroatoms. The molecule has 0 fully saturated rings. The van der Waals surface area contributed by atoms with Crippen molar-refractivity contribution in [1.82, 2.24) is 20.1 Å². The summed E-state index contributed by atoms with van der Waals surface area (Å²) in [5.41, 5.74) is 5.02. The smallest absolute Gasteiger partial charge is 0.241 e. The number of carbonyl (C=O) groups excluding carboxylic acids is 1. The largest absolute Gasteiger partial charge is 0.355 e. The van der Waals surface area contributed by atoms with Crippen molar-refractivity contribution in [2.45, 2.75) is 20.4 Å². The molecule has 0 atom stereocenters. The van der Waals surface area contributed by atoms with Crippen molar-refractivity contribution in [3.05, 3.63) is 60.4 Å². The molecule has 2 heterocycles. The number of hydrogen-bond donors (Lipinski definition) is 1. The van der Waals surface area contributed by atoms with E-state index in [0.29, 0.717) is 6.54 Å². The van der Waals surface area contributed by atoms with Crippen molar-refractivity contribution < 1.29 is 4.79 Å².